The summed E-state index contributed by atoms with van der Waals surface area (Å²) in [6.45, 7) is 2.67. The molecule has 4 rings (SSSR count). The molecule has 1 N–H and O–H groups in total. The standard InChI is InChI=1S/C17H18ClN5O/c1-10-14(15(18)22(2)21-10)13-6-4-8-23(13)17(24)12-9-20-16-11(12)5-3-7-19-16/h3,5,7,9,13H,4,6,8H2,1-2H3,(H,19,20). The highest BCUT2D eigenvalue weighted by Gasteiger charge is 2.35. The number of pyridine rings is 1. The number of likely N-dealkylation sites (tertiary alicyclic amines) is 1. The third-order valence-electron chi connectivity index (χ3n) is 4.72. The van der Waals surface area contributed by atoms with E-state index in [2.05, 4.69) is 15.1 Å². The zero-order valence-corrected chi connectivity index (χ0v) is 14.3. The maximum absolute atomic E-state index is 13.1. The average molecular weight is 344 g/mol. The van der Waals surface area contributed by atoms with Crippen LogP contribution >= 0.6 is 11.6 Å². The number of aromatic amines is 1. The van der Waals surface area contributed by atoms with Gasteiger partial charge in [0, 0.05) is 36.9 Å². The molecule has 1 atom stereocenters. The van der Waals surface area contributed by atoms with Gasteiger partial charge in [-0.25, -0.2) is 4.98 Å². The molecule has 1 saturated heterocycles. The van der Waals surface area contributed by atoms with Gasteiger partial charge in [0.15, 0.2) is 0 Å². The van der Waals surface area contributed by atoms with Gasteiger partial charge in [0.25, 0.3) is 5.91 Å². The van der Waals surface area contributed by atoms with Crippen molar-refractivity contribution in [3.63, 3.8) is 0 Å². The highest BCUT2D eigenvalue weighted by Crippen LogP contribution is 2.38. The van der Waals surface area contributed by atoms with Crippen molar-refractivity contribution >= 4 is 28.5 Å². The largest absolute Gasteiger partial charge is 0.345 e. The van der Waals surface area contributed by atoms with E-state index in [-0.39, 0.29) is 11.9 Å². The number of carbonyl (C=O) groups excluding carboxylic acids is 1. The summed E-state index contributed by atoms with van der Waals surface area (Å²) < 4.78 is 1.67. The number of nitrogens with one attached hydrogen (secondary N) is 1. The number of hydrogen-bond acceptors (Lipinski definition) is 3. The van der Waals surface area contributed by atoms with Crippen molar-refractivity contribution in [3.05, 3.63) is 46.5 Å². The molecule has 4 heterocycles. The monoisotopic (exact) mass is 343 g/mol. The van der Waals surface area contributed by atoms with E-state index in [1.165, 1.54) is 0 Å². The van der Waals surface area contributed by atoms with Gasteiger partial charge >= 0.3 is 0 Å². The van der Waals surface area contributed by atoms with Crippen LogP contribution in [0.3, 0.4) is 0 Å². The molecule has 1 aliphatic heterocycles. The summed E-state index contributed by atoms with van der Waals surface area (Å²) in [7, 11) is 1.82. The Hall–Kier alpha value is -2.34. The number of carbonyl (C=O) groups is 1. The fourth-order valence-corrected chi connectivity index (χ4v) is 3.92. The van der Waals surface area contributed by atoms with Crippen LogP contribution in [0.25, 0.3) is 11.0 Å². The van der Waals surface area contributed by atoms with Gasteiger partial charge in [0.1, 0.15) is 10.8 Å². The van der Waals surface area contributed by atoms with Crippen LogP contribution in [0, 0.1) is 6.92 Å². The third-order valence-corrected chi connectivity index (χ3v) is 5.17. The van der Waals surface area contributed by atoms with Crippen LogP contribution in [0.4, 0.5) is 0 Å². The topological polar surface area (TPSA) is 66.8 Å². The number of fused-ring (bicyclic) bond motifs is 1. The van der Waals surface area contributed by atoms with E-state index < -0.39 is 0 Å². The van der Waals surface area contributed by atoms with E-state index in [0.29, 0.717) is 10.7 Å². The molecule has 0 radical (unpaired) electrons. The molecule has 7 heteroatoms. The minimum Gasteiger partial charge on any atom is -0.345 e. The predicted octanol–water partition coefficient (Wildman–Crippen LogP) is 3.24. The lowest BCUT2D eigenvalue weighted by atomic mass is 10.0. The molecule has 3 aromatic heterocycles. The van der Waals surface area contributed by atoms with Gasteiger partial charge in [0.2, 0.25) is 0 Å². The molecule has 3 aromatic rings. The van der Waals surface area contributed by atoms with Gasteiger partial charge in [-0.15, -0.1) is 0 Å². The van der Waals surface area contributed by atoms with Crippen LogP contribution in [0.15, 0.2) is 24.5 Å². The summed E-state index contributed by atoms with van der Waals surface area (Å²) in [5.41, 5.74) is 3.23. The molecule has 24 heavy (non-hydrogen) atoms. The lowest BCUT2D eigenvalue weighted by Gasteiger charge is -2.24. The summed E-state index contributed by atoms with van der Waals surface area (Å²) in [6.07, 6.45) is 5.32. The van der Waals surface area contributed by atoms with Crippen LogP contribution in [-0.4, -0.2) is 37.1 Å². The Morgan fingerprint density at radius 3 is 3.04 bits per heavy atom. The number of aryl methyl sites for hydroxylation is 2. The lowest BCUT2D eigenvalue weighted by Crippen LogP contribution is -2.30. The van der Waals surface area contributed by atoms with Crippen molar-refractivity contribution in [2.45, 2.75) is 25.8 Å². The summed E-state index contributed by atoms with van der Waals surface area (Å²) >= 11 is 6.43. The van der Waals surface area contributed by atoms with Crippen LogP contribution in [-0.2, 0) is 7.05 Å². The Bertz CT molecular complexity index is 928. The second-order valence-corrected chi connectivity index (χ2v) is 6.53. The fourth-order valence-electron chi connectivity index (χ4n) is 3.62. The molecule has 1 fully saturated rings. The molecule has 0 aliphatic carbocycles. The van der Waals surface area contributed by atoms with E-state index in [4.69, 9.17) is 11.6 Å². The Kier molecular flexibility index (Phi) is 3.57. The van der Waals surface area contributed by atoms with E-state index in [1.807, 2.05) is 31.0 Å². The zero-order chi connectivity index (χ0) is 16.8. The molecule has 0 aromatic carbocycles. The van der Waals surface area contributed by atoms with Gasteiger partial charge in [-0.2, -0.15) is 5.10 Å². The molecule has 0 saturated carbocycles. The molecule has 1 aliphatic rings. The van der Waals surface area contributed by atoms with Crippen LogP contribution < -0.4 is 0 Å². The van der Waals surface area contributed by atoms with Gasteiger partial charge in [-0.1, -0.05) is 11.6 Å². The number of hydrogen-bond donors (Lipinski definition) is 1. The second kappa shape index (κ2) is 5.63. The van der Waals surface area contributed by atoms with Crippen LogP contribution in [0.1, 0.15) is 40.5 Å². The Balaban J connectivity index is 1.74. The first-order chi connectivity index (χ1) is 11.6. The van der Waals surface area contributed by atoms with Crippen molar-refractivity contribution in [2.75, 3.05) is 6.54 Å². The molecular weight excluding hydrogens is 326 g/mol. The first kappa shape index (κ1) is 15.2. The van der Waals surface area contributed by atoms with Crippen molar-refractivity contribution in [2.24, 2.45) is 7.05 Å². The summed E-state index contributed by atoms with van der Waals surface area (Å²) in [5, 5.41) is 5.85. The lowest BCUT2D eigenvalue weighted by molar-refractivity contribution is 0.0737. The van der Waals surface area contributed by atoms with E-state index in [1.54, 1.807) is 17.1 Å². The molecule has 6 nitrogen and oxygen atoms in total. The summed E-state index contributed by atoms with van der Waals surface area (Å²) in [6, 6.07) is 3.73. The van der Waals surface area contributed by atoms with Crippen molar-refractivity contribution in [1.29, 1.82) is 0 Å². The summed E-state index contributed by atoms with van der Waals surface area (Å²) in [5.74, 6) is 0.0102. The molecule has 0 spiro atoms. The summed E-state index contributed by atoms with van der Waals surface area (Å²) in [4.78, 5) is 22.4. The van der Waals surface area contributed by atoms with E-state index in [0.717, 1.165) is 41.7 Å². The van der Waals surface area contributed by atoms with Gasteiger partial charge < -0.3 is 9.88 Å². The maximum atomic E-state index is 13.1. The van der Waals surface area contributed by atoms with Gasteiger partial charge in [0.05, 0.1) is 17.3 Å². The third kappa shape index (κ3) is 2.21. The van der Waals surface area contributed by atoms with Crippen molar-refractivity contribution in [1.82, 2.24) is 24.6 Å². The Labute approximate surface area is 144 Å². The predicted molar refractivity (Wildman–Crippen MR) is 92.1 cm³/mol. The fraction of sp³-hybridized carbons (Fsp3) is 0.353. The Morgan fingerprint density at radius 2 is 2.29 bits per heavy atom. The minimum atomic E-state index is -0.0275. The number of rotatable bonds is 2. The molecule has 0 bridgehead atoms. The quantitative estimate of drug-likeness (QED) is 0.776. The number of H-pyrrole nitrogens is 1. The van der Waals surface area contributed by atoms with Crippen LogP contribution in [0.2, 0.25) is 5.15 Å². The Morgan fingerprint density at radius 1 is 1.46 bits per heavy atom. The van der Waals surface area contributed by atoms with Crippen molar-refractivity contribution in [3.8, 4) is 0 Å². The molecule has 1 unspecified atom stereocenters. The van der Waals surface area contributed by atoms with E-state index in [9.17, 15) is 4.79 Å². The minimum absolute atomic E-state index is 0.0102. The van der Waals surface area contributed by atoms with Crippen LogP contribution in [0.5, 0.6) is 0 Å². The average Bonchev–Trinajstić information content (AvgIpc) is 3.26. The number of aromatic nitrogens is 4. The van der Waals surface area contributed by atoms with Gasteiger partial charge in [-0.05, 0) is 31.9 Å². The van der Waals surface area contributed by atoms with Gasteiger partial charge in [-0.3, -0.25) is 9.48 Å². The number of amides is 1. The number of nitrogens with zero attached hydrogens (tertiary/aromatic N) is 4. The molecule has 1 amide bonds. The molecular formula is C17H18ClN5O. The van der Waals surface area contributed by atoms with E-state index >= 15 is 0 Å². The SMILES string of the molecule is Cc1nn(C)c(Cl)c1C1CCCN1C(=O)c1c[nH]c2ncccc12. The first-order valence-corrected chi connectivity index (χ1v) is 8.37. The smallest absolute Gasteiger partial charge is 0.256 e. The first-order valence-electron chi connectivity index (χ1n) is 8.00. The highest BCUT2D eigenvalue weighted by molar-refractivity contribution is 6.30. The normalized spacial score (nSPS) is 17.8. The number of halogens is 1. The molecule has 124 valence electrons. The zero-order valence-electron chi connectivity index (χ0n) is 13.6. The maximum Gasteiger partial charge on any atom is 0.256 e. The van der Waals surface area contributed by atoms with Crippen molar-refractivity contribution < 1.29 is 4.79 Å². The second-order valence-electron chi connectivity index (χ2n) is 6.17. The highest BCUT2D eigenvalue weighted by atomic mass is 35.5.